The van der Waals surface area contributed by atoms with Crippen LogP contribution in [0, 0.1) is 0 Å². The lowest BCUT2D eigenvalue weighted by Gasteiger charge is -2.12. The number of aromatic nitrogens is 2. The van der Waals surface area contributed by atoms with E-state index in [0.717, 1.165) is 12.0 Å². The minimum Gasteiger partial charge on any atom is -0.396 e. The van der Waals surface area contributed by atoms with Gasteiger partial charge in [-0.15, -0.1) is 0 Å². The summed E-state index contributed by atoms with van der Waals surface area (Å²) in [7, 11) is 0. The van der Waals surface area contributed by atoms with E-state index in [0.29, 0.717) is 18.3 Å². The number of benzene rings is 1. The highest BCUT2D eigenvalue weighted by Gasteiger charge is 2.11. The van der Waals surface area contributed by atoms with Crippen molar-refractivity contribution in [1.29, 1.82) is 0 Å². The van der Waals surface area contributed by atoms with Crippen molar-refractivity contribution in [1.82, 2.24) is 10.1 Å². The van der Waals surface area contributed by atoms with E-state index < -0.39 is 0 Å². The summed E-state index contributed by atoms with van der Waals surface area (Å²) in [5, 5.41) is 16.0. The van der Waals surface area contributed by atoms with E-state index >= 15 is 0 Å². The zero-order chi connectivity index (χ0) is 12.8. The van der Waals surface area contributed by atoms with Gasteiger partial charge in [0, 0.05) is 18.2 Å². The summed E-state index contributed by atoms with van der Waals surface area (Å²) in [6.07, 6.45) is 1.57. The standard InChI is InChI=1S/C13H17N3O2/c1-2-11(8-9-17)14-13-15-12(18-16-13)10-6-4-3-5-7-10/h3-7,11,17H,2,8-9H2,1H3,(H,14,16). The second-order valence-electron chi connectivity index (χ2n) is 4.05. The summed E-state index contributed by atoms with van der Waals surface area (Å²) in [6.45, 7) is 2.19. The van der Waals surface area contributed by atoms with Gasteiger partial charge in [0.25, 0.3) is 11.8 Å². The molecule has 1 atom stereocenters. The van der Waals surface area contributed by atoms with Gasteiger partial charge in [-0.1, -0.05) is 25.1 Å². The Balaban J connectivity index is 2.06. The number of hydrogen-bond acceptors (Lipinski definition) is 5. The molecule has 0 bridgehead atoms. The topological polar surface area (TPSA) is 71.2 Å². The van der Waals surface area contributed by atoms with Crippen molar-refractivity contribution in [2.45, 2.75) is 25.8 Å². The van der Waals surface area contributed by atoms with Crippen molar-refractivity contribution in [2.75, 3.05) is 11.9 Å². The fourth-order valence-electron chi connectivity index (χ4n) is 1.70. The van der Waals surface area contributed by atoms with Crippen LogP contribution in [-0.4, -0.2) is 27.9 Å². The fraction of sp³-hybridized carbons (Fsp3) is 0.385. The van der Waals surface area contributed by atoms with Gasteiger partial charge in [0.05, 0.1) is 0 Å². The van der Waals surface area contributed by atoms with Crippen LogP contribution in [0.2, 0.25) is 0 Å². The Morgan fingerprint density at radius 3 is 2.78 bits per heavy atom. The zero-order valence-corrected chi connectivity index (χ0v) is 10.3. The Labute approximate surface area is 106 Å². The second-order valence-corrected chi connectivity index (χ2v) is 4.05. The first kappa shape index (κ1) is 12.6. The maximum atomic E-state index is 8.92. The molecule has 0 amide bonds. The number of anilines is 1. The summed E-state index contributed by atoms with van der Waals surface area (Å²) < 4.78 is 5.19. The van der Waals surface area contributed by atoms with Crippen molar-refractivity contribution >= 4 is 5.95 Å². The minimum absolute atomic E-state index is 0.148. The van der Waals surface area contributed by atoms with Crippen LogP contribution < -0.4 is 5.32 Å². The molecule has 2 aromatic rings. The van der Waals surface area contributed by atoms with Crippen LogP contribution in [-0.2, 0) is 0 Å². The summed E-state index contributed by atoms with van der Waals surface area (Å²) in [4.78, 5) is 4.28. The van der Waals surface area contributed by atoms with Crippen molar-refractivity contribution < 1.29 is 9.63 Å². The van der Waals surface area contributed by atoms with Gasteiger partial charge in [-0.2, -0.15) is 4.98 Å². The Morgan fingerprint density at radius 2 is 2.11 bits per heavy atom. The Kier molecular flexibility index (Phi) is 4.30. The molecule has 0 saturated heterocycles. The molecular weight excluding hydrogens is 230 g/mol. The summed E-state index contributed by atoms with van der Waals surface area (Å²) in [6, 6.07) is 9.79. The van der Waals surface area contributed by atoms with E-state index in [9.17, 15) is 0 Å². The molecule has 5 nitrogen and oxygen atoms in total. The van der Waals surface area contributed by atoms with Crippen molar-refractivity contribution in [2.24, 2.45) is 0 Å². The summed E-state index contributed by atoms with van der Waals surface area (Å²) in [5.74, 6) is 0.964. The maximum Gasteiger partial charge on any atom is 0.263 e. The predicted molar refractivity (Wildman–Crippen MR) is 69.1 cm³/mol. The van der Waals surface area contributed by atoms with E-state index in [1.807, 2.05) is 37.3 Å². The highest BCUT2D eigenvalue weighted by Crippen LogP contribution is 2.18. The highest BCUT2D eigenvalue weighted by molar-refractivity contribution is 5.53. The van der Waals surface area contributed by atoms with E-state index in [2.05, 4.69) is 15.5 Å². The first-order valence-electron chi connectivity index (χ1n) is 6.10. The quantitative estimate of drug-likeness (QED) is 0.819. The van der Waals surface area contributed by atoms with Gasteiger partial charge in [-0.3, -0.25) is 0 Å². The SMILES string of the molecule is CCC(CCO)Nc1noc(-c2ccccc2)n1. The Hall–Kier alpha value is -1.88. The molecule has 96 valence electrons. The van der Waals surface area contributed by atoms with E-state index in [-0.39, 0.29) is 12.6 Å². The summed E-state index contributed by atoms with van der Waals surface area (Å²) >= 11 is 0. The molecule has 1 heterocycles. The number of hydrogen-bond donors (Lipinski definition) is 2. The van der Waals surface area contributed by atoms with E-state index in [1.165, 1.54) is 0 Å². The molecule has 1 unspecified atom stereocenters. The number of rotatable bonds is 6. The van der Waals surface area contributed by atoms with E-state index in [4.69, 9.17) is 9.63 Å². The van der Waals surface area contributed by atoms with Crippen LogP contribution in [0.1, 0.15) is 19.8 Å². The molecule has 0 aliphatic heterocycles. The number of aliphatic hydroxyl groups excluding tert-OH is 1. The number of nitrogens with zero attached hydrogens (tertiary/aromatic N) is 2. The lowest BCUT2D eigenvalue weighted by Crippen LogP contribution is -2.20. The van der Waals surface area contributed by atoms with Crippen molar-refractivity contribution in [3.63, 3.8) is 0 Å². The monoisotopic (exact) mass is 247 g/mol. The molecule has 5 heteroatoms. The molecule has 0 aliphatic rings. The summed E-state index contributed by atoms with van der Waals surface area (Å²) in [5.41, 5.74) is 0.897. The zero-order valence-electron chi connectivity index (χ0n) is 10.3. The third kappa shape index (κ3) is 3.07. The third-order valence-corrected chi connectivity index (χ3v) is 2.75. The lowest BCUT2D eigenvalue weighted by molar-refractivity contribution is 0.277. The minimum atomic E-state index is 0.148. The molecule has 2 N–H and O–H groups in total. The molecule has 0 fully saturated rings. The molecular formula is C13H17N3O2. The number of aliphatic hydroxyl groups is 1. The molecule has 18 heavy (non-hydrogen) atoms. The van der Waals surface area contributed by atoms with Crippen molar-refractivity contribution in [3.05, 3.63) is 30.3 Å². The van der Waals surface area contributed by atoms with Crippen molar-refractivity contribution in [3.8, 4) is 11.5 Å². The first-order valence-corrected chi connectivity index (χ1v) is 6.10. The Bertz CT molecular complexity index is 470. The average molecular weight is 247 g/mol. The first-order chi connectivity index (χ1) is 8.83. The molecule has 2 rings (SSSR count). The van der Waals surface area contributed by atoms with Crippen LogP contribution in [0.4, 0.5) is 5.95 Å². The van der Waals surface area contributed by atoms with Crippen LogP contribution in [0.3, 0.4) is 0 Å². The van der Waals surface area contributed by atoms with Crippen LogP contribution in [0.25, 0.3) is 11.5 Å². The average Bonchev–Trinajstić information content (AvgIpc) is 2.88. The normalized spacial score (nSPS) is 12.3. The highest BCUT2D eigenvalue weighted by atomic mass is 16.5. The molecule has 0 saturated carbocycles. The van der Waals surface area contributed by atoms with Gasteiger partial charge in [-0.05, 0) is 30.1 Å². The van der Waals surface area contributed by atoms with Gasteiger partial charge in [0.1, 0.15) is 0 Å². The second kappa shape index (κ2) is 6.16. The molecule has 0 radical (unpaired) electrons. The maximum absolute atomic E-state index is 8.92. The van der Waals surface area contributed by atoms with Gasteiger partial charge >= 0.3 is 0 Å². The number of nitrogens with one attached hydrogen (secondary N) is 1. The predicted octanol–water partition coefficient (Wildman–Crippen LogP) is 2.31. The largest absolute Gasteiger partial charge is 0.396 e. The molecule has 1 aromatic carbocycles. The molecule has 0 spiro atoms. The van der Waals surface area contributed by atoms with Crippen LogP contribution in [0.5, 0.6) is 0 Å². The van der Waals surface area contributed by atoms with E-state index in [1.54, 1.807) is 0 Å². The van der Waals surface area contributed by atoms with Gasteiger partial charge in [-0.25, -0.2) is 0 Å². The Morgan fingerprint density at radius 1 is 1.33 bits per heavy atom. The third-order valence-electron chi connectivity index (χ3n) is 2.75. The van der Waals surface area contributed by atoms with Gasteiger partial charge in [0.15, 0.2) is 0 Å². The molecule has 1 aromatic heterocycles. The fourth-order valence-corrected chi connectivity index (χ4v) is 1.70. The lowest BCUT2D eigenvalue weighted by atomic mass is 10.2. The van der Waals surface area contributed by atoms with Gasteiger partial charge in [0.2, 0.25) is 0 Å². The van der Waals surface area contributed by atoms with Gasteiger partial charge < -0.3 is 14.9 Å². The van der Waals surface area contributed by atoms with Crippen LogP contribution >= 0.6 is 0 Å². The smallest absolute Gasteiger partial charge is 0.263 e. The molecule has 0 aliphatic carbocycles. The van der Waals surface area contributed by atoms with Crippen LogP contribution in [0.15, 0.2) is 34.9 Å².